The predicted octanol–water partition coefficient (Wildman–Crippen LogP) is 12.6. The number of rotatable bonds is 36. The van der Waals surface area contributed by atoms with E-state index in [0.717, 1.165) is 32.2 Å². The lowest BCUT2D eigenvalue weighted by Crippen LogP contribution is -2.39. The number of nitrogens with zero attached hydrogens (tertiary/aromatic N) is 2. The molecule has 0 saturated carbocycles. The summed E-state index contributed by atoms with van der Waals surface area (Å²) in [6, 6.07) is 4.28. The van der Waals surface area contributed by atoms with Gasteiger partial charge in [-0.1, -0.05) is 174 Å². The predicted molar refractivity (Wildman–Crippen MR) is 210 cm³/mol. The van der Waals surface area contributed by atoms with Crippen molar-refractivity contribution in [3.8, 4) is 5.75 Å². The number of benzene rings is 1. The van der Waals surface area contributed by atoms with Crippen molar-refractivity contribution in [2.24, 2.45) is 0 Å². The van der Waals surface area contributed by atoms with Gasteiger partial charge in [0.05, 0.1) is 37.7 Å². The molecule has 8 nitrogen and oxygen atoms in total. The van der Waals surface area contributed by atoms with Gasteiger partial charge in [0.15, 0.2) is 5.75 Å². The lowest BCUT2D eigenvalue weighted by Gasteiger charge is -2.30. The molecule has 0 aliphatic carbocycles. The topological polar surface area (TPSA) is 105 Å². The third-order valence-electron chi connectivity index (χ3n) is 9.94. The normalized spacial score (nSPS) is 13.1. The molecule has 0 aliphatic rings. The third-order valence-corrected chi connectivity index (χ3v) is 10.9. The van der Waals surface area contributed by atoms with E-state index < -0.39 is 13.1 Å². The fourth-order valence-corrected chi connectivity index (χ4v) is 7.63. The summed E-state index contributed by atoms with van der Waals surface area (Å²) in [6.07, 6.45) is 35.7. The van der Waals surface area contributed by atoms with Gasteiger partial charge in [-0.05, 0) is 25.3 Å². The molecule has 0 radical (unpaired) electrons. The SMILES string of the molecule is CCCCCCCCCCCCCCCCO[P+]([O-])(O)Oc1ccc([N+](=O)[O-])c(C[N+](C)(C)CCCCCCCCCCCCCCCC)c1. The summed E-state index contributed by atoms with van der Waals surface area (Å²) in [5.74, 6) is 0.119. The summed E-state index contributed by atoms with van der Waals surface area (Å²) >= 11 is 0. The van der Waals surface area contributed by atoms with Crippen molar-refractivity contribution in [2.75, 3.05) is 27.2 Å². The molecule has 0 amide bonds. The van der Waals surface area contributed by atoms with E-state index in [4.69, 9.17) is 9.05 Å². The Hall–Kier alpha value is -1.31. The minimum absolute atomic E-state index is 0.000564. The van der Waals surface area contributed by atoms with Gasteiger partial charge in [0.2, 0.25) is 0 Å². The summed E-state index contributed by atoms with van der Waals surface area (Å²) < 4.78 is 11.2. The maximum atomic E-state index is 12.7. The Morgan fingerprint density at radius 3 is 1.42 bits per heavy atom. The smallest absolute Gasteiger partial charge is 0.426 e. The first kappa shape index (κ1) is 46.7. The number of unbranched alkanes of at least 4 members (excludes halogenated alkanes) is 26. The number of hydrogen-bond acceptors (Lipinski definition) is 6. The standard InChI is InChI=1S/C41H77N2O6P/c1-5-7-9-11-13-15-17-19-21-23-25-27-29-31-35-43(3,4)38-39-37-40(33-34-41(39)42(44)45)49-50(46,47)48-36-32-30-28-26-24-22-20-18-16-14-12-10-8-6-2/h33-34,37H,5-32,35-36,38H2,1-4H3/p+1. The lowest BCUT2D eigenvalue weighted by atomic mass is 10.0. The van der Waals surface area contributed by atoms with Gasteiger partial charge in [0.1, 0.15) is 6.54 Å². The Morgan fingerprint density at radius 2 is 1.02 bits per heavy atom. The molecule has 0 spiro atoms. The third kappa shape index (κ3) is 26.5. The van der Waals surface area contributed by atoms with Crippen LogP contribution in [-0.2, 0) is 11.1 Å². The largest absolute Gasteiger partial charge is 0.598 e. The molecule has 0 aliphatic heterocycles. The van der Waals surface area contributed by atoms with Crippen molar-refractivity contribution in [3.63, 3.8) is 0 Å². The van der Waals surface area contributed by atoms with Crippen LogP contribution in [0.1, 0.15) is 199 Å². The van der Waals surface area contributed by atoms with Gasteiger partial charge >= 0.3 is 8.17 Å². The van der Waals surface area contributed by atoms with Gasteiger partial charge in [0.25, 0.3) is 5.69 Å². The van der Waals surface area contributed by atoms with Crippen LogP contribution in [0.2, 0.25) is 0 Å². The second kappa shape index (κ2) is 30.2. The highest BCUT2D eigenvalue weighted by atomic mass is 31.2. The van der Waals surface area contributed by atoms with Crippen molar-refractivity contribution in [2.45, 2.75) is 200 Å². The fraction of sp³-hybridized carbons (Fsp3) is 0.854. The van der Waals surface area contributed by atoms with Crippen molar-refractivity contribution in [1.82, 2.24) is 0 Å². The van der Waals surface area contributed by atoms with E-state index in [2.05, 4.69) is 27.9 Å². The zero-order valence-corrected chi connectivity index (χ0v) is 33.9. The van der Waals surface area contributed by atoms with E-state index >= 15 is 0 Å². The Kier molecular flexibility index (Phi) is 28.2. The highest BCUT2D eigenvalue weighted by Gasteiger charge is 2.31. The summed E-state index contributed by atoms with van der Waals surface area (Å²) in [7, 11) is -0.172. The molecule has 0 heterocycles. The van der Waals surface area contributed by atoms with Crippen molar-refractivity contribution < 1.29 is 28.2 Å². The first-order chi connectivity index (χ1) is 24.1. The molecule has 1 aromatic rings. The molecule has 1 unspecified atom stereocenters. The minimum atomic E-state index is -4.33. The summed E-state index contributed by atoms with van der Waals surface area (Å²) in [4.78, 5) is 34.4. The number of hydrogen-bond donors (Lipinski definition) is 1. The molecular formula is C41H78N2O6P+. The Balaban J connectivity index is 2.29. The first-order valence-electron chi connectivity index (χ1n) is 20.9. The first-order valence-corrected chi connectivity index (χ1v) is 22.4. The summed E-state index contributed by atoms with van der Waals surface area (Å²) in [5, 5.41) is 11.8. The van der Waals surface area contributed by atoms with Crippen LogP contribution in [0.3, 0.4) is 0 Å². The molecule has 1 N–H and O–H groups in total. The van der Waals surface area contributed by atoms with Gasteiger partial charge in [-0.25, -0.2) is 0 Å². The van der Waals surface area contributed by atoms with E-state index in [0.29, 0.717) is 23.0 Å². The fourth-order valence-electron chi connectivity index (χ4n) is 6.83. The molecule has 0 aromatic heterocycles. The molecule has 1 atom stereocenters. The molecule has 50 heavy (non-hydrogen) atoms. The van der Waals surface area contributed by atoms with Crippen LogP contribution in [0, 0.1) is 10.1 Å². The second-order valence-corrected chi connectivity index (χ2v) is 16.8. The van der Waals surface area contributed by atoms with Crippen LogP contribution in [0.4, 0.5) is 5.69 Å². The zero-order valence-electron chi connectivity index (χ0n) is 33.0. The number of phosphoric acid groups is 1. The minimum Gasteiger partial charge on any atom is -0.598 e. The van der Waals surface area contributed by atoms with Crippen LogP contribution in [0.5, 0.6) is 5.75 Å². The highest BCUT2D eigenvalue weighted by molar-refractivity contribution is 7.53. The average molecular weight is 726 g/mol. The second-order valence-electron chi connectivity index (χ2n) is 15.5. The van der Waals surface area contributed by atoms with E-state index in [9.17, 15) is 19.9 Å². The molecule has 0 saturated heterocycles. The van der Waals surface area contributed by atoms with Gasteiger partial charge in [0, 0.05) is 12.1 Å². The molecule has 292 valence electrons. The molecule has 1 aromatic carbocycles. The quantitative estimate of drug-likeness (QED) is 0.0243. The van der Waals surface area contributed by atoms with Crippen molar-refractivity contribution >= 4 is 13.9 Å². The average Bonchev–Trinajstić information content (AvgIpc) is 3.06. The molecule has 1 rings (SSSR count). The van der Waals surface area contributed by atoms with Crippen LogP contribution in [0.15, 0.2) is 18.2 Å². The molecule has 0 bridgehead atoms. The Morgan fingerprint density at radius 1 is 0.640 bits per heavy atom. The van der Waals surface area contributed by atoms with Gasteiger partial charge < -0.3 is 9.38 Å². The van der Waals surface area contributed by atoms with Crippen LogP contribution < -0.4 is 9.42 Å². The summed E-state index contributed by atoms with van der Waals surface area (Å²) in [5.41, 5.74) is 0.496. The van der Waals surface area contributed by atoms with Gasteiger partial charge in [-0.15, -0.1) is 0 Å². The van der Waals surface area contributed by atoms with Crippen LogP contribution >= 0.6 is 8.17 Å². The van der Waals surface area contributed by atoms with Crippen molar-refractivity contribution in [1.29, 1.82) is 0 Å². The monoisotopic (exact) mass is 726 g/mol. The number of quaternary nitrogens is 1. The Labute approximate surface area is 308 Å². The Bertz CT molecular complexity index is 961. The van der Waals surface area contributed by atoms with Gasteiger partial charge in [-0.3, -0.25) is 14.6 Å². The summed E-state index contributed by atoms with van der Waals surface area (Å²) in [6.45, 7) is 6.01. The number of nitro groups is 1. The maximum absolute atomic E-state index is 12.7. The lowest BCUT2D eigenvalue weighted by molar-refractivity contribution is -0.904. The highest BCUT2D eigenvalue weighted by Crippen LogP contribution is 2.48. The number of phosphoric ester groups is 1. The van der Waals surface area contributed by atoms with Crippen LogP contribution in [0.25, 0.3) is 0 Å². The van der Waals surface area contributed by atoms with Gasteiger partial charge in [-0.2, -0.15) is 9.42 Å². The van der Waals surface area contributed by atoms with Crippen molar-refractivity contribution in [3.05, 3.63) is 33.9 Å². The zero-order chi connectivity index (χ0) is 36.8. The maximum Gasteiger partial charge on any atom is 0.426 e. The van der Waals surface area contributed by atoms with E-state index in [1.54, 1.807) is 0 Å². The van der Waals surface area contributed by atoms with E-state index in [1.807, 2.05) is 0 Å². The van der Waals surface area contributed by atoms with Crippen LogP contribution in [-0.4, -0.2) is 41.5 Å². The molecule has 9 heteroatoms. The van der Waals surface area contributed by atoms with E-state index in [1.165, 1.54) is 166 Å². The molecular weight excluding hydrogens is 647 g/mol. The number of nitro benzene ring substituents is 1. The molecule has 0 fully saturated rings. The van der Waals surface area contributed by atoms with E-state index in [-0.39, 0.29) is 18.0 Å².